The highest BCUT2D eigenvalue weighted by molar-refractivity contribution is 6.43. The van der Waals surface area contributed by atoms with Crippen molar-refractivity contribution in [2.75, 3.05) is 11.5 Å². The van der Waals surface area contributed by atoms with Gasteiger partial charge in [-0.2, -0.15) is 18.3 Å². The second-order valence-electron chi connectivity index (χ2n) is 9.41. The number of alkyl halides is 3. The number of carboxylic acid groups (broad SMARTS) is 1. The van der Waals surface area contributed by atoms with E-state index in [9.17, 15) is 13.2 Å². The van der Waals surface area contributed by atoms with Crippen molar-refractivity contribution in [3.8, 4) is 22.8 Å². The molecule has 224 valence electrons. The fourth-order valence-corrected chi connectivity index (χ4v) is 4.69. The number of fused-ring (bicyclic) bond motifs is 1. The summed E-state index contributed by atoms with van der Waals surface area (Å²) in [6.45, 7) is 2.02. The molecule has 0 atom stereocenters. The van der Waals surface area contributed by atoms with Gasteiger partial charge < -0.3 is 16.6 Å². The largest absolute Gasteiger partial charge is 0.490 e. The lowest BCUT2D eigenvalue weighted by molar-refractivity contribution is -0.192. The molecule has 5 rings (SSSR count). The normalized spacial score (nSPS) is 11.3. The van der Waals surface area contributed by atoms with Crippen LogP contribution in [-0.4, -0.2) is 37.0 Å². The zero-order valence-corrected chi connectivity index (χ0v) is 24.2. The van der Waals surface area contributed by atoms with E-state index in [4.69, 9.17) is 44.6 Å². The van der Waals surface area contributed by atoms with Crippen LogP contribution in [0.5, 0.6) is 0 Å². The maximum absolute atomic E-state index is 16.0. The molecule has 0 saturated heterocycles. The van der Waals surface area contributed by atoms with Gasteiger partial charge in [-0.1, -0.05) is 42.3 Å². The Balaban J connectivity index is 0.000000541. The lowest BCUT2D eigenvalue weighted by Gasteiger charge is -2.12. The molecule has 5 N–H and O–H groups in total. The molecule has 8 nitrogen and oxygen atoms in total. The van der Waals surface area contributed by atoms with E-state index in [1.807, 2.05) is 31.2 Å². The first-order chi connectivity index (χ1) is 20.2. The molecule has 3 aromatic carbocycles. The Morgan fingerprint density at radius 3 is 2.37 bits per heavy atom. The number of carbonyl (C=O) groups is 1. The molecule has 0 bridgehead atoms. The van der Waals surface area contributed by atoms with E-state index in [1.165, 1.54) is 0 Å². The number of aromatic nitrogens is 4. The molecule has 14 heteroatoms. The predicted octanol–water partition coefficient (Wildman–Crippen LogP) is 7.09. The molecule has 0 saturated carbocycles. The molecule has 2 aromatic heterocycles. The van der Waals surface area contributed by atoms with E-state index < -0.39 is 12.1 Å². The molecular weight excluding hydrogens is 611 g/mol. The summed E-state index contributed by atoms with van der Waals surface area (Å²) in [4.78, 5) is 18.0. The minimum absolute atomic E-state index is 0.256. The molecule has 0 aliphatic carbocycles. The smallest absolute Gasteiger partial charge is 0.475 e. The summed E-state index contributed by atoms with van der Waals surface area (Å²) in [5, 5.41) is 14.0. The fourth-order valence-electron chi connectivity index (χ4n) is 4.30. The number of benzene rings is 3. The van der Waals surface area contributed by atoms with Crippen LogP contribution in [0.15, 0.2) is 54.6 Å². The third kappa shape index (κ3) is 6.98. The molecule has 0 unspecified atom stereocenters. The summed E-state index contributed by atoms with van der Waals surface area (Å²) in [6, 6.07) is 16.2. The van der Waals surface area contributed by atoms with Crippen molar-refractivity contribution in [3.63, 3.8) is 0 Å². The standard InChI is InChI=1S/C27H23Cl2FN6.C2HF3O2/c1-3-14-9-16(13-18-12-15-11-17(31)7-8-19(15)25(32)33-18)24(30)21(10-14)27-34-26(35-36(27)2)20-5-4-6-22(28)23(20)29;3-2(4,5)1(6)7/h4-12H,3,13,31H2,1-2H3,(H2,32,33);(H,6,7). The van der Waals surface area contributed by atoms with E-state index in [0.717, 1.165) is 22.8 Å². The van der Waals surface area contributed by atoms with Crippen LogP contribution in [0.3, 0.4) is 0 Å². The summed E-state index contributed by atoms with van der Waals surface area (Å²) in [7, 11) is 1.72. The molecule has 0 radical (unpaired) electrons. The van der Waals surface area contributed by atoms with Crippen molar-refractivity contribution in [2.24, 2.45) is 7.05 Å². The van der Waals surface area contributed by atoms with Crippen molar-refractivity contribution in [1.82, 2.24) is 19.7 Å². The first-order valence-electron chi connectivity index (χ1n) is 12.6. The van der Waals surface area contributed by atoms with Gasteiger partial charge >= 0.3 is 12.1 Å². The number of carboxylic acids is 1. The molecule has 0 spiro atoms. The number of rotatable bonds is 5. The van der Waals surface area contributed by atoms with Gasteiger partial charge in [-0.05, 0) is 65.4 Å². The van der Waals surface area contributed by atoms with Crippen LogP contribution < -0.4 is 11.5 Å². The molecule has 0 aliphatic heterocycles. The zero-order chi connectivity index (χ0) is 31.6. The van der Waals surface area contributed by atoms with Gasteiger partial charge in [-0.15, -0.1) is 0 Å². The summed E-state index contributed by atoms with van der Waals surface area (Å²) in [5.41, 5.74) is 15.8. The highest BCUT2D eigenvalue weighted by atomic mass is 35.5. The molecule has 0 aliphatic rings. The van der Waals surface area contributed by atoms with Gasteiger partial charge in [0.2, 0.25) is 0 Å². The monoisotopic (exact) mass is 634 g/mol. The number of aliphatic carboxylic acids is 1. The maximum Gasteiger partial charge on any atom is 0.490 e. The average molecular weight is 635 g/mol. The number of anilines is 2. The molecule has 0 amide bonds. The molecule has 0 fully saturated rings. The lowest BCUT2D eigenvalue weighted by Crippen LogP contribution is -2.21. The number of aryl methyl sites for hydroxylation is 2. The molecular formula is C29H24Cl2F4N6O2. The van der Waals surface area contributed by atoms with Crippen molar-refractivity contribution in [3.05, 3.63) is 87.3 Å². The Morgan fingerprint density at radius 1 is 1.02 bits per heavy atom. The van der Waals surface area contributed by atoms with Gasteiger partial charge in [0.15, 0.2) is 11.6 Å². The highest BCUT2D eigenvalue weighted by Gasteiger charge is 2.38. The molecule has 43 heavy (non-hydrogen) atoms. The van der Waals surface area contributed by atoms with Gasteiger partial charge in [-0.3, -0.25) is 0 Å². The zero-order valence-electron chi connectivity index (χ0n) is 22.7. The van der Waals surface area contributed by atoms with Gasteiger partial charge in [0, 0.05) is 35.8 Å². The van der Waals surface area contributed by atoms with E-state index in [-0.39, 0.29) is 12.2 Å². The van der Waals surface area contributed by atoms with E-state index in [2.05, 4.69) is 15.1 Å². The lowest BCUT2D eigenvalue weighted by atomic mass is 9.98. The number of nitrogens with two attached hydrogens (primary N) is 2. The van der Waals surface area contributed by atoms with Crippen LogP contribution in [-0.2, 0) is 24.7 Å². The van der Waals surface area contributed by atoms with Crippen LogP contribution in [0.1, 0.15) is 23.7 Å². The van der Waals surface area contributed by atoms with Crippen molar-refractivity contribution >= 4 is 51.4 Å². The van der Waals surface area contributed by atoms with Crippen molar-refractivity contribution < 1.29 is 27.5 Å². The second kappa shape index (κ2) is 12.4. The summed E-state index contributed by atoms with van der Waals surface area (Å²) < 4.78 is 49.2. The minimum atomic E-state index is -5.08. The highest BCUT2D eigenvalue weighted by Crippen LogP contribution is 2.34. The Kier molecular flexibility index (Phi) is 9.12. The Labute approximate surface area is 252 Å². The topological polar surface area (TPSA) is 133 Å². The molecule has 5 aromatic rings. The van der Waals surface area contributed by atoms with Crippen LogP contribution in [0.4, 0.5) is 29.1 Å². The number of halogens is 6. The first-order valence-corrected chi connectivity index (χ1v) is 13.4. The van der Waals surface area contributed by atoms with E-state index >= 15 is 4.39 Å². The van der Waals surface area contributed by atoms with Gasteiger partial charge in [-0.25, -0.2) is 23.8 Å². The van der Waals surface area contributed by atoms with Crippen LogP contribution in [0.25, 0.3) is 33.5 Å². The second-order valence-corrected chi connectivity index (χ2v) is 10.2. The van der Waals surface area contributed by atoms with Crippen molar-refractivity contribution in [1.29, 1.82) is 0 Å². The number of nitrogens with zero attached hydrogens (tertiary/aromatic N) is 4. The fraction of sp³-hybridized carbons (Fsp3) is 0.172. The number of nitrogen functional groups attached to an aromatic ring is 2. The quantitative estimate of drug-likeness (QED) is 0.139. The Morgan fingerprint density at radius 2 is 1.72 bits per heavy atom. The SMILES string of the molecule is CCc1cc(Cc2cc3cc(N)ccc3c(N)n2)c(F)c(-c2nc(-c3cccc(Cl)c3Cl)nn2C)c1.O=C(O)C(F)(F)F. The number of hydrogen-bond donors (Lipinski definition) is 3. The maximum atomic E-state index is 16.0. The van der Waals surface area contributed by atoms with Gasteiger partial charge in [0.1, 0.15) is 11.6 Å². The molecule has 2 heterocycles. The summed E-state index contributed by atoms with van der Waals surface area (Å²) in [5.74, 6) is -2.02. The Hall–Kier alpha value is -4.42. The Bertz CT molecular complexity index is 1840. The number of hydrogen-bond acceptors (Lipinski definition) is 6. The summed E-state index contributed by atoms with van der Waals surface area (Å²) >= 11 is 12.5. The predicted molar refractivity (Wildman–Crippen MR) is 158 cm³/mol. The van der Waals surface area contributed by atoms with Crippen LogP contribution in [0.2, 0.25) is 10.0 Å². The van der Waals surface area contributed by atoms with Crippen LogP contribution in [0, 0.1) is 5.82 Å². The van der Waals surface area contributed by atoms with E-state index in [0.29, 0.717) is 55.6 Å². The third-order valence-electron chi connectivity index (χ3n) is 6.36. The summed E-state index contributed by atoms with van der Waals surface area (Å²) in [6.07, 6.45) is -4.11. The van der Waals surface area contributed by atoms with E-state index in [1.54, 1.807) is 42.1 Å². The number of pyridine rings is 1. The van der Waals surface area contributed by atoms with Gasteiger partial charge in [0.05, 0.1) is 15.6 Å². The minimum Gasteiger partial charge on any atom is -0.475 e. The van der Waals surface area contributed by atoms with Gasteiger partial charge in [0.25, 0.3) is 0 Å². The van der Waals surface area contributed by atoms with Crippen LogP contribution >= 0.6 is 23.2 Å². The van der Waals surface area contributed by atoms with Crippen molar-refractivity contribution in [2.45, 2.75) is 25.9 Å². The first kappa shape index (κ1) is 31.5. The third-order valence-corrected chi connectivity index (χ3v) is 7.18. The average Bonchev–Trinajstić information content (AvgIpc) is 3.31.